The number of sulfonamides is 1. The van der Waals surface area contributed by atoms with Crippen LogP contribution in [0.2, 0.25) is 0 Å². The van der Waals surface area contributed by atoms with Gasteiger partial charge in [-0.1, -0.05) is 25.5 Å². The molecule has 0 aliphatic carbocycles. The van der Waals surface area contributed by atoms with Crippen molar-refractivity contribution >= 4 is 21.4 Å². The molecule has 0 spiro atoms. The Bertz CT molecular complexity index is 721. The number of ether oxygens (including phenoxy) is 1. The van der Waals surface area contributed by atoms with Gasteiger partial charge in [-0.3, -0.25) is 0 Å². The van der Waals surface area contributed by atoms with E-state index in [2.05, 4.69) is 11.6 Å². The topological polar surface area (TPSA) is 55.4 Å². The van der Waals surface area contributed by atoms with Gasteiger partial charge in [0.05, 0.1) is 4.90 Å². The zero-order valence-electron chi connectivity index (χ0n) is 13.7. The molecule has 1 heterocycles. The number of thiophene rings is 1. The van der Waals surface area contributed by atoms with Crippen LogP contribution in [0.25, 0.3) is 0 Å². The highest BCUT2D eigenvalue weighted by atomic mass is 32.2. The van der Waals surface area contributed by atoms with Crippen LogP contribution in [-0.4, -0.2) is 22.1 Å². The van der Waals surface area contributed by atoms with Gasteiger partial charge in [0.2, 0.25) is 10.0 Å². The Labute approximate surface area is 142 Å². The lowest BCUT2D eigenvalue weighted by molar-refractivity contribution is 0.110. The summed E-state index contributed by atoms with van der Waals surface area (Å²) in [5.74, 6) is 0. The van der Waals surface area contributed by atoms with Crippen molar-refractivity contribution in [2.75, 3.05) is 13.7 Å². The maximum atomic E-state index is 12.4. The second-order valence-corrected chi connectivity index (χ2v) is 8.51. The van der Waals surface area contributed by atoms with Gasteiger partial charge in [-0.2, -0.15) is 0 Å². The van der Waals surface area contributed by atoms with E-state index in [-0.39, 0.29) is 17.5 Å². The molecule has 23 heavy (non-hydrogen) atoms. The quantitative estimate of drug-likeness (QED) is 0.788. The van der Waals surface area contributed by atoms with Gasteiger partial charge < -0.3 is 4.74 Å². The number of nitrogens with one attached hydrogen (secondary N) is 1. The van der Waals surface area contributed by atoms with E-state index in [0.717, 1.165) is 23.3 Å². The minimum absolute atomic E-state index is 0.218. The molecule has 0 aliphatic rings. The molecule has 4 nitrogen and oxygen atoms in total. The summed E-state index contributed by atoms with van der Waals surface area (Å²) < 4.78 is 32.8. The standard InChI is InChI=1S/C17H23NO3S2/c1-4-5-14-7-9-15(10-8-14)23(19,20)18-12-16(21-3)17-11-6-13(2)22-17/h6-11,16,18H,4-5,12H2,1-3H3. The number of aryl methyl sites for hydroxylation is 2. The normalized spacial score (nSPS) is 13.2. The summed E-state index contributed by atoms with van der Waals surface area (Å²) >= 11 is 1.61. The Morgan fingerprint density at radius 3 is 2.39 bits per heavy atom. The molecule has 0 radical (unpaired) electrons. The lowest BCUT2D eigenvalue weighted by atomic mass is 10.1. The molecule has 0 saturated carbocycles. The molecule has 2 rings (SSSR count). The van der Waals surface area contributed by atoms with E-state index >= 15 is 0 Å². The van der Waals surface area contributed by atoms with Crippen LogP contribution in [0.3, 0.4) is 0 Å². The predicted octanol–water partition coefficient (Wildman–Crippen LogP) is 3.68. The van der Waals surface area contributed by atoms with Crippen LogP contribution in [0.1, 0.15) is 34.8 Å². The zero-order valence-corrected chi connectivity index (χ0v) is 15.3. The Hall–Kier alpha value is -1.21. The van der Waals surface area contributed by atoms with Gasteiger partial charge in [0.1, 0.15) is 6.10 Å². The van der Waals surface area contributed by atoms with E-state index < -0.39 is 10.0 Å². The van der Waals surface area contributed by atoms with Gasteiger partial charge in [0.15, 0.2) is 0 Å². The van der Waals surface area contributed by atoms with Gasteiger partial charge >= 0.3 is 0 Å². The first-order valence-corrected chi connectivity index (χ1v) is 9.94. The third kappa shape index (κ3) is 4.88. The Morgan fingerprint density at radius 2 is 1.87 bits per heavy atom. The number of hydrogen-bond donors (Lipinski definition) is 1. The first-order chi connectivity index (χ1) is 11.0. The average molecular weight is 354 g/mol. The average Bonchev–Trinajstić information content (AvgIpc) is 2.95. The minimum Gasteiger partial charge on any atom is -0.375 e. The van der Waals surface area contributed by atoms with Crippen molar-refractivity contribution in [2.45, 2.75) is 37.7 Å². The van der Waals surface area contributed by atoms with Crippen LogP contribution in [0.4, 0.5) is 0 Å². The number of hydrogen-bond acceptors (Lipinski definition) is 4. The van der Waals surface area contributed by atoms with E-state index in [1.165, 1.54) is 4.88 Å². The van der Waals surface area contributed by atoms with Crippen LogP contribution in [-0.2, 0) is 21.2 Å². The van der Waals surface area contributed by atoms with Gasteiger partial charge in [-0.05, 0) is 43.2 Å². The van der Waals surface area contributed by atoms with Gasteiger partial charge in [0, 0.05) is 23.4 Å². The minimum atomic E-state index is -3.52. The maximum Gasteiger partial charge on any atom is 0.240 e. The molecule has 0 amide bonds. The summed E-state index contributed by atoms with van der Waals surface area (Å²) in [7, 11) is -1.93. The summed E-state index contributed by atoms with van der Waals surface area (Å²) in [5.41, 5.74) is 1.15. The van der Waals surface area contributed by atoms with Crippen molar-refractivity contribution in [3.05, 3.63) is 51.7 Å². The van der Waals surface area contributed by atoms with Crippen molar-refractivity contribution in [3.8, 4) is 0 Å². The second kappa shape index (κ2) is 8.06. The van der Waals surface area contributed by atoms with Gasteiger partial charge in [-0.25, -0.2) is 13.1 Å². The Morgan fingerprint density at radius 1 is 1.17 bits per heavy atom. The lowest BCUT2D eigenvalue weighted by Crippen LogP contribution is -2.29. The molecule has 6 heteroatoms. The summed E-state index contributed by atoms with van der Waals surface area (Å²) in [6, 6.07) is 11.0. The fourth-order valence-electron chi connectivity index (χ4n) is 2.32. The second-order valence-electron chi connectivity index (χ2n) is 5.42. The van der Waals surface area contributed by atoms with E-state index in [4.69, 9.17) is 4.74 Å². The van der Waals surface area contributed by atoms with Gasteiger partial charge in [0.25, 0.3) is 0 Å². The van der Waals surface area contributed by atoms with Crippen LogP contribution in [0.15, 0.2) is 41.3 Å². The molecule has 0 aliphatic heterocycles. The van der Waals surface area contributed by atoms with Gasteiger partial charge in [-0.15, -0.1) is 11.3 Å². The molecule has 1 aromatic heterocycles. The number of methoxy groups -OCH3 is 1. The SMILES string of the molecule is CCCc1ccc(S(=O)(=O)NCC(OC)c2ccc(C)s2)cc1. The molecule has 0 bridgehead atoms. The summed E-state index contributed by atoms with van der Waals surface area (Å²) in [6.07, 6.45) is 1.72. The summed E-state index contributed by atoms with van der Waals surface area (Å²) in [4.78, 5) is 2.48. The molecule has 0 saturated heterocycles. The zero-order chi connectivity index (χ0) is 16.9. The predicted molar refractivity (Wildman–Crippen MR) is 94.4 cm³/mol. The summed E-state index contributed by atoms with van der Waals surface area (Å²) in [6.45, 7) is 4.34. The molecule has 1 aromatic carbocycles. The molecule has 1 N–H and O–H groups in total. The van der Waals surface area contributed by atoms with Crippen molar-refractivity contribution in [3.63, 3.8) is 0 Å². The van der Waals surface area contributed by atoms with Crippen molar-refractivity contribution in [1.29, 1.82) is 0 Å². The van der Waals surface area contributed by atoms with Crippen LogP contribution in [0, 0.1) is 6.92 Å². The van der Waals surface area contributed by atoms with Crippen LogP contribution < -0.4 is 4.72 Å². The first-order valence-electron chi connectivity index (χ1n) is 7.64. The van der Waals surface area contributed by atoms with E-state index in [1.54, 1.807) is 30.6 Å². The largest absolute Gasteiger partial charge is 0.375 e. The molecule has 2 aromatic rings. The number of benzene rings is 1. The highest BCUT2D eigenvalue weighted by Gasteiger charge is 2.18. The van der Waals surface area contributed by atoms with Crippen molar-refractivity contribution < 1.29 is 13.2 Å². The molecular weight excluding hydrogens is 330 g/mol. The fraction of sp³-hybridized carbons (Fsp3) is 0.412. The number of rotatable bonds is 8. The van der Waals surface area contributed by atoms with E-state index in [0.29, 0.717) is 0 Å². The van der Waals surface area contributed by atoms with Crippen molar-refractivity contribution in [2.24, 2.45) is 0 Å². The van der Waals surface area contributed by atoms with Crippen LogP contribution >= 0.6 is 11.3 Å². The fourth-order valence-corrected chi connectivity index (χ4v) is 4.31. The van der Waals surface area contributed by atoms with E-state index in [9.17, 15) is 8.42 Å². The summed E-state index contributed by atoms with van der Waals surface area (Å²) in [5, 5.41) is 0. The smallest absolute Gasteiger partial charge is 0.240 e. The molecule has 0 fully saturated rings. The third-order valence-electron chi connectivity index (χ3n) is 3.59. The third-order valence-corrected chi connectivity index (χ3v) is 6.13. The van der Waals surface area contributed by atoms with E-state index in [1.807, 2.05) is 31.2 Å². The molecule has 1 atom stereocenters. The molecule has 126 valence electrons. The van der Waals surface area contributed by atoms with Crippen molar-refractivity contribution in [1.82, 2.24) is 4.72 Å². The maximum absolute atomic E-state index is 12.4. The van der Waals surface area contributed by atoms with Crippen LogP contribution in [0.5, 0.6) is 0 Å². The first kappa shape index (κ1) is 18.1. The highest BCUT2D eigenvalue weighted by molar-refractivity contribution is 7.89. The highest BCUT2D eigenvalue weighted by Crippen LogP contribution is 2.25. The molecule has 1 unspecified atom stereocenters. The lowest BCUT2D eigenvalue weighted by Gasteiger charge is -2.15. The Kier molecular flexibility index (Phi) is 6.35. The molecular formula is C17H23NO3S2. The Balaban J connectivity index is 2.05. The monoisotopic (exact) mass is 353 g/mol.